The summed E-state index contributed by atoms with van der Waals surface area (Å²) in [6, 6.07) is 0. The van der Waals surface area contributed by atoms with Gasteiger partial charge in [0.25, 0.3) is 0 Å². The summed E-state index contributed by atoms with van der Waals surface area (Å²) in [6.07, 6.45) is 16.7. The van der Waals surface area contributed by atoms with Crippen LogP contribution < -0.4 is 0 Å². The number of hydrogen-bond donors (Lipinski definition) is 2. The van der Waals surface area contributed by atoms with Gasteiger partial charge in [0.2, 0.25) is 0 Å². The van der Waals surface area contributed by atoms with Gasteiger partial charge in [-0.1, -0.05) is 49.0 Å². The van der Waals surface area contributed by atoms with Gasteiger partial charge in [-0.2, -0.15) is 0 Å². The minimum Gasteiger partial charge on any atom is -0.392 e. The Labute approximate surface area is 131 Å². The van der Waals surface area contributed by atoms with Crippen molar-refractivity contribution in [3.8, 4) is 0 Å². The summed E-state index contributed by atoms with van der Waals surface area (Å²) in [5.41, 5.74) is 0.594. The second kappa shape index (κ2) is 15.3. The number of aliphatic hydroxyl groups is 2. The third-order valence-corrected chi connectivity index (χ3v) is 2.82. The first-order chi connectivity index (χ1) is 9.89. The van der Waals surface area contributed by atoms with E-state index in [1.165, 1.54) is 5.57 Å². The largest absolute Gasteiger partial charge is 0.392 e. The van der Waals surface area contributed by atoms with Crippen LogP contribution >= 0.6 is 0 Å². The van der Waals surface area contributed by atoms with Crippen molar-refractivity contribution < 1.29 is 10.2 Å². The first-order valence-electron chi connectivity index (χ1n) is 7.79. The van der Waals surface area contributed by atoms with Crippen molar-refractivity contribution in [3.05, 3.63) is 48.6 Å². The summed E-state index contributed by atoms with van der Waals surface area (Å²) < 4.78 is 0. The molecule has 0 aliphatic rings. The van der Waals surface area contributed by atoms with Crippen molar-refractivity contribution in [2.45, 2.75) is 65.4 Å². The number of hydrogen-bond acceptors (Lipinski definition) is 2. The van der Waals surface area contributed by atoms with E-state index in [2.05, 4.69) is 45.6 Å². The molecule has 122 valence electrons. The minimum absolute atomic E-state index is 0.164. The van der Waals surface area contributed by atoms with E-state index in [4.69, 9.17) is 5.11 Å². The molecule has 1 unspecified atom stereocenters. The van der Waals surface area contributed by atoms with Gasteiger partial charge in [0.15, 0.2) is 0 Å². The lowest BCUT2D eigenvalue weighted by atomic mass is 10.00. The Hall–Kier alpha value is -1.12. The fraction of sp³-hybridized carbons (Fsp3) is 0.579. The van der Waals surface area contributed by atoms with Crippen LogP contribution in [-0.4, -0.2) is 22.4 Å². The molecule has 2 nitrogen and oxygen atoms in total. The third kappa shape index (κ3) is 21.3. The van der Waals surface area contributed by atoms with Crippen LogP contribution in [0.15, 0.2) is 48.6 Å². The molecule has 0 spiro atoms. The Kier molecular flexibility index (Phi) is 16.1. The highest BCUT2D eigenvalue weighted by atomic mass is 16.3. The summed E-state index contributed by atoms with van der Waals surface area (Å²) in [4.78, 5) is 0. The normalized spacial score (nSPS) is 13.6. The first-order valence-corrected chi connectivity index (χ1v) is 7.79. The van der Waals surface area contributed by atoms with E-state index in [-0.39, 0.29) is 6.61 Å². The molecule has 0 rings (SSSR count). The van der Waals surface area contributed by atoms with Crippen molar-refractivity contribution in [2.75, 3.05) is 6.61 Å². The minimum atomic E-state index is -0.702. The summed E-state index contributed by atoms with van der Waals surface area (Å²) in [5.74, 6) is 0. The number of rotatable bonds is 9. The molecular formula is C19H34O2. The fourth-order valence-electron chi connectivity index (χ4n) is 1.42. The Balaban J connectivity index is 0. The molecule has 0 saturated carbocycles. The molecule has 0 radical (unpaired) electrons. The zero-order valence-electron chi connectivity index (χ0n) is 14.3. The Morgan fingerprint density at radius 3 is 2.05 bits per heavy atom. The Morgan fingerprint density at radius 2 is 1.62 bits per heavy atom. The van der Waals surface area contributed by atoms with E-state index in [1.807, 2.05) is 6.08 Å². The molecular weight excluding hydrogens is 260 g/mol. The Bertz CT molecular complexity index is 304. The Morgan fingerprint density at radius 1 is 1.05 bits per heavy atom. The van der Waals surface area contributed by atoms with Gasteiger partial charge in [-0.15, -0.1) is 6.58 Å². The number of unbranched alkanes of at least 4 members (excludes halogenated alkanes) is 1. The quantitative estimate of drug-likeness (QED) is 0.466. The van der Waals surface area contributed by atoms with Crippen molar-refractivity contribution in [1.29, 1.82) is 0 Å². The average Bonchev–Trinajstić information content (AvgIpc) is 2.43. The zero-order chi connectivity index (χ0) is 16.6. The summed E-state index contributed by atoms with van der Waals surface area (Å²) >= 11 is 0. The molecule has 0 aromatic heterocycles. The second-order valence-corrected chi connectivity index (χ2v) is 5.49. The molecule has 0 fully saturated rings. The van der Waals surface area contributed by atoms with E-state index in [0.717, 1.165) is 32.1 Å². The molecule has 0 heterocycles. The predicted octanol–water partition coefficient (Wildman–Crippen LogP) is 4.95. The lowest BCUT2D eigenvalue weighted by molar-refractivity contribution is 0.103. The van der Waals surface area contributed by atoms with E-state index in [9.17, 15) is 5.11 Å². The smallest absolute Gasteiger partial charge is 0.0800 e. The molecule has 0 aliphatic carbocycles. The highest BCUT2D eigenvalue weighted by molar-refractivity contribution is 4.97. The van der Waals surface area contributed by atoms with Crippen LogP contribution in [0, 0.1) is 0 Å². The van der Waals surface area contributed by atoms with E-state index in [0.29, 0.717) is 0 Å². The molecule has 0 aromatic rings. The lowest BCUT2D eigenvalue weighted by Crippen LogP contribution is -2.19. The molecule has 0 amide bonds. The number of aliphatic hydroxyl groups excluding tert-OH is 1. The van der Waals surface area contributed by atoms with Crippen LogP contribution in [0.2, 0.25) is 0 Å². The number of allylic oxidation sites excluding steroid dienone is 5. The van der Waals surface area contributed by atoms with Crippen LogP contribution in [0.5, 0.6) is 0 Å². The van der Waals surface area contributed by atoms with E-state index >= 15 is 0 Å². The molecule has 0 aliphatic heterocycles. The maximum absolute atomic E-state index is 9.49. The molecule has 0 aromatic carbocycles. The average molecular weight is 294 g/mol. The molecule has 1 atom stereocenters. The van der Waals surface area contributed by atoms with Crippen molar-refractivity contribution >= 4 is 0 Å². The van der Waals surface area contributed by atoms with Gasteiger partial charge in [0.05, 0.1) is 12.2 Å². The highest BCUT2D eigenvalue weighted by Gasteiger charge is 2.12. The van der Waals surface area contributed by atoms with Crippen LogP contribution in [0.3, 0.4) is 0 Å². The van der Waals surface area contributed by atoms with Crippen molar-refractivity contribution in [1.82, 2.24) is 0 Å². The first kappa shape index (κ1) is 22.2. The van der Waals surface area contributed by atoms with E-state index < -0.39 is 5.60 Å². The summed E-state index contributed by atoms with van der Waals surface area (Å²) in [7, 11) is 0. The van der Waals surface area contributed by atoms with Gasteiger partial charge in [-0.05, 0) is 52.9 Å². The van der Waals surface area contributed by atoms with Crippen LogP contribution in [0.4, 0.5) is 0 Å². The van der Waals surface area contributed by atoms with Crippen LogP contribution in [-0.2, 0) is 0 Å². The second-order valence-electron chi connectivity index (χ2n) is 5.49. The lowest BCUT2D eigenvalue weighted by Gasteiger charge is -2.16. The maximum Gasteiger partial charge on any atom is 0.0800 e. The predicted molar refractivity (Wildman–Crippen MR) is 94.4 cm³/mol. The van der Waals surface area contributed by atoms with Gasteiger partial charge in [0, 0.05) is 0 Å². The van der Waals surface area contributed by atoms with Gasteiger partial charge < -0.3 is 10.2 Å². The maximum atomic E-state index is 9.49. The fourth-order valence-corrected chi connectivity index (χ4v) is 1.42. The molecule has 0 saturated heterocycles. The van der Waals surface area contributed by atoms with Gasteiger partial charge in [-0.3, -0.25) is 0 Å². The summed E-state index contributed by atoms with van der Waals surface area (Å²) in [5, 5.41) is 17.9. The molecule has 0 bridgehead atoms. The molecule has 2 N–H and O–H groups in total. The monoisotopic (exact) mass is 294 g/mol. The standard InChI is InChI=1S/C10H18O.C9H16O/c1-5-10(4,11)8-6-7-9(2)3;1-2-3-4-5-6-7-8-9-10/h5,7,11H,1,6,8H2,2-4H3;3-4,7-8,10H,2,5-6,9H2,1H3. The van der Waals surface area contributed by atoms with Gasteiger partial charge in [-0.25, -0.2) is 0 Å². The third-order valence-electron chi connectivity index (χ3n) is 2.82. The summed E-state index contributed by atoms with van der Waals surface area (Å²) in [6.45, 7) is 11.7. The highest BCUT2D eigenvalue weighted by Crippen LogP contribution is 2.13. The molecule has 21 heavy (non-hydrogen) atoms. The van der Waals surface area contributed by atoms with Crippen LogP contribution in [0.1, 0.15) is 59.8 Å². The zero-order valence-corrected chi connectivity index (χ0v) is 14.3. The van der Waals surface area contributed by atoms with Crippen molar-refractivity contribution in [3.63, 3.8) is 0 Å². The topological polar surface area (TPSA) is 40.5 Å². The van der Waals surface area contributed by atoms with Gasteiger partial charge >= 0.3 is 0 Å². The van der Waals surface area contributed by atoms with Gasteiger partial charge in [0.1, 0.15) is 0 Å². The van der Waals surface area contributed by atoms with Crippen molar-refractivity contribution in [2.24, 2.45) is 0 Å². The molecule has 2 heteroatoms. The SMILES string of the molecule is C=CC(C)(O)CCC=C(C)C.CCC=CCCC=CCO. The van der Waals surface area contributed by atoms with E-state index in [1.54, 1.807) is 19.1 Å². The van der Waals surface area contributed by atoms with Crippen LogP contribution in [0.25, 0.3) is 0 Å².